The van der Waals surface area contributed by atoms with Crippen molar-refractivity contribution in [2.75, 3.05) is 5.32 Å². The molecule has 2 aromatic heterocycles. The van der Waals surface area contributed by atoms with E-state index in [1.165, 1.54) is 35.9 Å². The van der Waals surface area contributed by atoms with Crippen LogP contribution < -0.4 is 20.7 Å². The molecule has 0 radical (unpaired) electrons. The van der Waals surface area contributed by atoms with Crippen LogP contribution in [0.3, 0.4) is 0 Å². The van der Waals surface area contributed by atoms with Crippen molar-refractivity contribution in [3.8, 4) is 5.06 Å². The molecule has 184 valence electrons. The number of carbonyl (C=O) groups is 2. The average Bonchev–Trinajstić information content (AvgIpc) is 3.46. The highest BCUT2D eigenvalue weighted by Crippen LogP contribution is 2.37. The van der Waals surface area contributed by atoms with Gasteiger partial charge in [0.2, 0.25) is 11.0 Å². The number of rotatable bonds is 7. The van der Waals surface area contributed by atoms with Crippen LogP contribution in [0.15, 0.2) is 42.7 Å². The van der Waals surface area contributed by atoms with Gasteiger partial charge in [-0.15, -0.1) is 0 Å². The summed E-state index contributed by atoms with van der Waals surface area (Å²) in [4.78, 5) is 32.8. The van der Waals surface area contributed by atoms with E-state index in [0.29, 0.717) is 29.7 Å². The number of halogens is 4. The number of amides is 2. The van der Waals surface area contributed by atoms with E-state index >= 15 is 0 Å². The summed E-state index contributed by atoms with van der Waals surface area (Å²) in [5.41, 5.74) is -1.82. The first-order chi connectivity index (χ1) is 16.5. The SMILES string of the molecule is Cc1ncc(OC(=O)NC2(C(=O)NCc3ccc(Nc4ccc(F)cc4C(F)(F)F)cn3)CC2)s1. The Morgan fingerprint density at radius 3 is 2.51 bits per heavy atom. The molecule has 0 aliphatic heterocycles. The van der Waals surface area contributed by atoms with Gasteiger partial charge < -0.3 is 20.7 Å². The summed E-state index contributed by atoms with van der Waals surface area (Å²) < 4.78 is 57.9. The molecule has 1 saturated carbocycles. The normalized spacial score (nSPS) is 14.2. The Hall–Kier alpha value is -3.74. The van der Waals surface area contributed by atoms with Gasteiger partial charge in [-0.3, -0.25) is 9.78 Å². The highest BCUT2D eigenvalue weighted by Gasteiger charge is 2.51. The van der Waals surface area contributed by atoms with Crippen LogP contribution in [-0.4, -0.2) is 27.5 Å². The second-order valence-corrected chi connectivity index (χ2v) is 9.03. The van der Waals surface area contributed by atoms with Crippen molar-refractivity contribution in [1.29, 1.82) is 0 Å². The number of anilines is 2. The minimum absolute atomic E-state index is 0.0377. The zero-order valence-electron chi connectivity index (χ0n) is 18.2. The summed E-state index contributed by atoms with van der Waals surface area (Å²) >= 11 is 1.20. The number of nitrogens with one attached hydrogen (secondary N) is 3. The number of thiazole rings is 1. The van der Waals surface area contributed by atoms with Crippen LogP contribution in [0.2, 0.25) is 0 Å². The van der Waals surface area contributed by atoms with E-state index < -0.39 is 35.1 Å². The summed E-state index contributed by atoms with van der Waals surface area (Å²) in [6.07, 6.45) is -1.88. The van der Waals surface area contributed by atoms with E-state index in [4.69, 9.17) is 4.74 Å². The molecule has 1 aliphatic rings. The van der Waals surface area contributed by atoms with Gasteiger partial charge in [-0.1, -0.05) is 11.3 Å². The lowest BCUT2D eigenvalue weighted by Crippen LogP contribution is -2.49. The predicted octanol–water partition coefficient (Wildman–Crippen LogP) is 4.69. The number of ether oxygens (including phenoxy) is 1. The van der Waals surface area contributed by atoms with Crippen molar-refractivity contribution in [3.63, 3.8) is 0 Å². The molecule has 35 heavy (non-hydrogen) atoms. The summed E-state index contributed by atoms with van der Waals surface area (Å²) in [5, 5.41) is 8.89. The largest absolute Gasteiger partial charge is 0.418 e. The van der Waals surface area contributed by atoms with Crippen LogP contribution >= 0.6 is 11.3 Å². The fourth-order valence-corrected chi connectivity index (χ4v) is 3.81. The van der Waals surface area contributed by atoms with Crippen LogP contribution in [0.4, 0.5) is 33.7 Å². The standard InChI is InChI=1S/C22H19F4N5O3S/c1-12-27-11-18(35-12)34-20(33)31-21(6-7-21)19(32)29-9-14-3-4-15(10-28-14)30-17-5-2-13(23)8-16(17)22(24,25)26/h2-5,8,10-11,30H,6-7,9H2,1H3,(H,29,32)(H,31,33). The molecule has 1 fully saturated rings. The monoisotopic (exact) mass is 509 g/mol. The maximum absolute atomic E-state index is 13.3. The van der Waals surface area contributed by atoms with E-state index in [2.05, 4.69) is 25.9 Å². The number of pyridine rings is 1. The van der Waals surface area contributed by atoms with Gasteiger partial charge in [-0.2, -0.15) is 13.2 Å². The van der Waals surface area contributed by atoms with Crippen LogP contribution in [0, 0.1) is 12.7 Å². The van der Waals surface area contributed by atoms with Gasteiger partial charge in [0.15, 0.2) is 0 Å². The van der Waals surface area contributed by atoms with E-state index in [-0.39, 0.29) is 17.9 Å². The van der Waals surface area contributed by atoms with Crippen LogP contribution in [-0.2, 0) is 17.5 Å². The van der Waals surface area contributed by atoms with Crippen LogP contribution in [0.1, 0.15) is 29.1 Å². The zero-order chi connectivity index (χ0) is 25.2. The number of aryl methyl sites for hydroxylation is 1. The van der Waals surface area contributed by atoms with Gasteiger partial charge in [-0.05, 0) is 50.1 Å². The molecular weight excluding hydrogens is 490 g/mol. The molecule has 3 aromatic rings. The molecule has 0 spiro atoms. The van der Waals surface area contributed by atoms with Crippen molar-refractivity contribution in [2.24, 2.45) is 0 Å². The molecule has 1 aromatic carbocycles. The maximum Gasteiger partial charge on any atom is 0.418 e. The van der Waals surface area contributed by atoms with Gasteiger partial charge in [0, 0.05) is 0 Å². The first kappa shape index (κ1) is 24.4. The van der Waals surface area contributed by atoms with Crippen molar-refractivity contribution < 1.29 is 31.9 Å². The molecule has 0 unspecified atom stereocenters. The Morgan fingerprint density at radius 1 is 1.14 bits per heavy atom. The third kappa shape index (κ3) is 6.04. The second-order valence-electron chi connectivity index (χ2n) is 7.83. The number of hydrogen-bond acceptors (Lipinski definition) is 7. The molecule has 0 bridgehead atoms. The molecular formula is C22H19F4N5O3S. The fourth-order valence-electron chi connectivity index (χ4n) is 3.19. The first-order valence-electron chi connectivity index (χ1n) is 10.3. The third-order valence-electron chi connectivity index (χ3n) is 5.14. The van der Waals surface area contributed by atoms with Gasteiger partial charge in [0.1, 0.15) is 11.4 Å². The Bertz CT molecular complexity index is 1240. The number of nitrogens with zero attached hydrogens (tertiary/aromatic N) is 2. The Balaban J connectivity index is 1.32. The lowest BCUT2D eigenvalue weighted by molar-refractivity contribution is -0.137. The lowest BCUT2D eigenvalue weighted by Gasteiger charge is -2.17. The fraction of sp³-hybridized carbons (Fsp3) is 0.273. The molecule has 0 atom stereocenters. The average molecular weight is 509 g/mol. The highest BCUT2D eigenvalue weighted by atomic mass is 32.1. The quantitative estimate of drug-likeness (QED) is 0.400. The maximum atomic E-state index is 13.3. The third-order valence-corrected chi connectivity index (χ3v) is 5.93. The van der Waals surface area contributed by atoms with Crippen molar-refractivity contribution in [2.45, 2.75) is 38.0 Å². The topological polar surface area (TPSA) is 105 Å². The van der Waals surface area contributed by atoms with E-state index in [9.17, 15) is 27.2 Å². The number of alkyl halides is 3. The lowest BCUT2D eigenvalue weighted by atomic mass is 10.1. The molecule has 4 rings (SSSR count). The van der Waals surface area contributed by atoms with Gasteiger partial charge in [0.05, 0.1) is 46.6 Å². The molecule has 13 heteroatoms. The predicted molar refractivity (Wildman–Crippen MR) is 119 cm³/mol. The smallest absolute Gasteiger partial charge is 0.397 e. The minimum Gasteiger partial charge on any atom is -0.397 e. The molecule has 3 N–H and O–H groups in total. The second kappa shape index (κ2) is 9.49. The van der Waals surface area contributed by atoms with Crippen molar-refractivity contribution >= 4 is 34.7 Å². The number of carbonyl (C=O) groups excluding carboxylic acids is 2. The Kier molecular flexibility index (Phi) is 6.61. The van der Waals surface area contributed by atoms with E-state index in [1.54, 1.807) is 6.92 Å². The van der Waals surface area contributed by atoms with Gasteiger partial charge >= 0.3 is 12.3 Å². The number of aromatic nitrogens is 2. The summed E-state index contributed by atoms with van der Waals surface area (Å²) in [6.45, 7) is 1.81. The molecule has 8 nitrogen and oxygen atoms in total. The summed E-state index contributed by atoms with van der Waals surface area (Å²) in [6, 6.07) is 5.33. The number of hydrogen-bond donors (Lipinski definition) is 3. The highest BCUT2D eigenvalue weighted by molar-refractivity contribution is 7.13. The molecule has 1 aliphatic carbocycles. The van der Waals surface area contributed by atoms with Crippen molar-refractivity contribution in [3.05, 3.63) is 64.8 Å². The molecule has 2 amide bonds. The van der Waals surface area contributed by atoms with Crippen LogP contribution in [0.25, 0.3) is 0 Å². The molecule has 2 heterocycles. The van der Waals surface area contributed by atoms with Gasteiger partial charge in [0.25, 0.3) is 0 Å². The number of benzene rings is 1. The summed E-state index contributed by atoms with van der Waals surface area (Å²) in [5.74, 6) is -1.40. The van der Waals surface area contributed by atoms with Crippen molar-refractivity contribution in [1.82, 2.24) is 20.6 Å². The first-order valence-corrected chi connectivity index (χ1v) is 11.2. The van der Waals surface area contributed by atoms with Gasteiger partial charge in [-0.25, -0.2) is 14.2 Å². The Labute approximate surface area is 200 Å². The Morgan fingerprint density at radius 2 is 1.91 bits per heavy atom. The van der Waals surface area contributed by atoms with E-state index in [0.717, 1.165) is 17.1 Å². The minimum atomic E-state index is -4.74. The zero-order valence-corrected chi connectivity index (χ0v) is 19.0. The van der Waals surface area contributed by atoms with E-state index in [1.807, 2.05) is 0 Å². The van der Waals surface area contributed by atoms with Crippen LogP contribution in [0.5, 0.6) is 5.06 Å². The molecule has 0 saturated heterocycles. The summed E-state index contributed by atoms with van der Waals surface area (Å²) in [7, 11) is 0.